The van der Waals surface area contributed by atoms with E-state index in [9.17, 15) is 14.4 Å². The molecule has 7 nitrogen and oxygen atoms in total. The van der Waals surface area contributed by atoms with Gasteiger partial charge in [-0.2, -0.15) is 0 Å². The smallest absolute Gasteiger partial charge is 0.407 e. The van der Waals surface area contributed by atoms with E-state index in [0.717, 1.165) is 35.1 Å². The summed E-state index contributed by atoms with van der Waals surface area (Å²) in [4.78, 5) is 36.2. The molecule has 34 heavy (non-hydrogen) atoms. The molecule has 2 aromatic carbocycles. The van der Waals surface area contributed by atoms with Gasteiger partial charge in [-0.15, -0.1) is 0 Å². The Labute approximate surface area is 200 Å². The second-order valence-corrected chi connectivity index (χ2v) is 9.52. The molecule has 3 rings (SSSR count). The summed E-state index contributed by atoms with van der Waals surface area (Å²) in [6.45, 7) is 5.58. The molecule has 0 aromatic heterocycles. The molecule has 0 fully saturated rings. The molecule has 0 heterocycles. The van der Waals surface area contributed by atoms with Crippen molar-refractivity contribution in [3.05, 3.63) is 59.7 Å². The minimum absolute atomic E-state index is 0.0349. The Hall–Kier alpha value is -3.35. The zero-order valence-electron chi connectivity index (χ0n) is 20.1. The summed E-state index contributed by atoms with van der Waals surface area (Å²) in [5.74, 6) is -1.32. The maximum absolute atomic E-state index is 12.7. The van der Waals surface area contributed by atoms with E-state index in [1.165, 1.54) is 0 Å². The fourth-order valence-corrected chi connectivity index (χ4v) is 4.56. The molecule has 0 radical (unpaired) electrons. The summed E-state index contributed by atoms with van der Waals surface area (Å²) in [7, 11) is 0. The molecule has 0 spiro atoms. The van der Waals surface area contributed by atoms with E-state index < -0.39 is 23.6 Å². The van der Waals surface area contributed by atoms with Gasteiger partial charge in [0.25, 0.3) is 0 Å². The average Bonchev–Trinajstić information content (AvgIpc) is 3.08. The standard InChI is InChI=1S/C27H34N2O5/c1-4-5-10-18(15-24(30)29-27(2,3)16-25(31)32)28-26(33)34-17-23-21-13-8-6-11-19(21)20-12-7-9-14-22(20)23/h6-9,11-14,18,23H,4-5,10,15-17H2,1-3H3,(H,28,33)(H,29,30)(H,31,32)/t18-/m0/s1. The lowest BCUT2D eigenvalue weighted by atomic mass is 9.98. The van der Waals surface area contributed by atoms with Crippen molar-refractivity contribution in [3.63, 3.8) is 0 Å². The minimum atomic E-state index is -0.982. The average molecular weight is 467 g/mol. The number of fused-ring (bicyclic) bond motifs is 3. The second-order valence-electron chi connectivity index (χ2n) is 9.52. The van der Waals surface area contributed by atoms with Crippen LogP contribution in [0.1, 0.15) is 69.9 Å². The Balaban J connectivity index is 1.60. The highest BCUT2D eigenvalue weighted by molar-refractivity contribution is 5.80. The summed E-state index contributed by atoms with van der Waals surface area (Å²) in [5.41, 5.74) is 3.72. The van der Waals surface area contributed by atoms with Crippen LogP contribution in [0, 0.1) is 0 Å². The van der Waals surface area contributed by atoms with Crippen LogP contribution in [-0.2, 0) is 14.3 Å². The van der Waals surface area contributed by atoms with Crippen molar-refractivity contribution in [1.29, 1.82) is 0 Å². The van der Waals surface area contributed by atoms with Gasteiger partial charge < -0.3 is 20.5 Å². The lowest BCUT2D eigenvalue weighted by molar-refractivity contribution is -0.138. The first kappa shape index (κ1) is 25.3. The molecule has 3 N–H and O–H groups in total. The molecule has 0 saturated carbocycles. The predicted molar refractivity (Wildman–Crippen MR) is 131 cm³/mol. The molecule has 7 heteroatoms. The zero-order valence-corrected chi connectivity index (χ0v) is 20.1. The number of rotatable bonds is 11. The normalized spacial score (nSPS) is 13.5. The predicted octanol–water partition coefficient (Wildman–Crippen LogP) is 4.84. The van der Waals surface area contributed by atoms with Crippen LogP contribution in [0.4, 0.5) is 4.79 Å². The number of amides is 2. The maximum atomic E-state index is 12.7. The van der Waals surface area contributed by atoms with Gasteiger partial charge in [0.2, 0.25) is 5.91 Å². The molecule has 2 amide bonds. The number of alkyl carbamates (subject to hydrolysis) is 1. The molecule has 0 unspecified atom stereocenters. The third-order valence-corrected chi connectivity index (χ3v) is 6.07. The Bertz CT molecular complexity index is 988. The molecule has 1 aliphatic rings. The maximum Gasteiger partial charge on any atom is 0.407 e. The van der Waals surface area contributed by atoms with Gasteiger partial charge >= 0.3 is 12.1 Å². The number of ether oxygens (including phenoxy) is 1. The molecule has 1 aliphatic carbocycles. The van der Waals surface area contributed by atoms with Crippen LogP contribution in [0.2, 0.25) is 0 Å². The largest absolute Gasteiger partial charge is 0.481 e. The van der Waals surface area contributed by atoms with E-state index in [1.807, 2.05) is 31.2 Å². The lowest BCUT2D eigenvalue weighted by Gasteiger charge is -2.26. The first-order valence-corrected chi connectivity index (χ1v) is 11.8. The number of carbonyl (C=O) groups excluding carboxylic acids is 2. The lowest BCUT2D eigenvalue weighted by Crippen LogP contribution is -2.47. The zero-order chi connectivity index (χ0) is 24.7. The van der Waals surface area contributed by atoms with Crippen molar-refractivity contribution in [2.75, 3.05) is 6.61 Å². The van der Waals surface area contributed by atoms with Crippen molar-refractivity contribution in [2.24, 2.45) is 0 Å². The number of hydrogen-bond acceptors (Lipinski definition) is 4. The van der Waals surface area contributed by atoms with E-state index in [-0.39, 0.29) is 31.3 Å². The van der Waals surface area contributed by atoms with E-state index in [2.05, 4.69) is 34.9 Å². The van der Waals surface area contributed by atoms with Crippen LogP contribution < -0.4 is 10.6 Å². The summed E-state index contributed by atoms with van der Waals surface area (Å²) in [6, 6.07) is 15.9. The van der Waals surface area contributed by atoms with E-state index in [1.54, 1.807) is 13.8 Å². The molecule has 0 saturated heterocycles. The van der Waals surface area contributed by atoms with Crippen molar-refractivity contribution in [1.82, 2.24) is 10.6 Å². The third kappa shape index (κ3) is 6.59. The van der Waals surface area contributed by atoms with Crippen LogP contribution >= 0.6 is 0 Å². The summed E-state index contributed by atoms with van der Waals surface area (Å²) >= 11 is 0. The van der Waals surface area contributed by atoms with Gasteiger partial charge in [0.1, 0.15) is 6.61 Å². The van der Waals surface area contributed by atoms with Gasteiger partial charge in [0, 0.05) is 23.9 Å². The number of carbonyl (C=O) groups is 3. The topological polar surface area (TPSA) is 105 Å². The van der Waals surface area contributed by atoms with Gasteiger partial charge in [-0.1, -0.05) is 68.3 Å². The Morgan fingerprint density at radius 1 is 1.03 bits per heavy atom. The first-order valence-electron chi connectivity index (χ1n) is 11.8. The van der Waals surface area contributed by atoms with Crippen LogP contribution in [0.5, 0.6) is 0 Å². The molecular weight excluding hydrogens is 432 g/mol. The van der Waals surface area contributed by atoms with E-state index >= 15 is 0 Å². The van der Waals surface area contributed by atoms with E-state index in [0.29, 0.717) is 6.42 Å². The molecule has 1 atom stereocenters. The number of benzene rings is 2. The number of nitrogens with one attached hydrogen (secondary N) is 2. The highest BCUT2D eigenvalue weighted by Gasteiger charge is 2.30. The van der Waals surface area contributed by atoms with Crippen LogP contribution in [-0.4, -0.2) is 41.3 Å². The molecule has 2 aromatic rings. The van der Waals surface area contributed by atoms with Crippen LogP contribution in [0.15, 0.2) is 48.5 Å². The quantitative estimate of drug-likeness (QED) is 0.439. The van der Waals surface area contributed by atoms with Gasteiger partial charge in [0.15, 0.2) is 0 Å². The monoisotopic (exact) mass is 466 g/mol. The van der Waals surface area contributed by atoms with Gasteiger partial charge in [-0.3, -0.25) is 9.59 Å². The number of carboxylic acids is 1. The fourth-order valence-electron chi connectivity index (χ4n) is 4.56. The Kier molecular flexibility index (Phi) is 8.31. The van der Waals surface area contributed by atoms with E-state index in [4.69, 9.17) is 9.84 Å². The third-order valence-electron chi connectivity index (χ3n) is 6.07. The fraction of sp³-hybridized carbons (Fsp3) is 0.444. The highest BCUT2D eigenvalue weighted by Crippen LogP contribution is 2.44. The molecule has 182 valence electrons. The summed E-state index contributed by atoms with van der Waals surface area (Å²) < 4.78 is 5.63. The van der Waals surface area contributed by atoms with Gasteiger partial charge in [-0.05, 0) is 42.5 Å². The van der Waals surface area contributed by atoms with Crippen LogP contribution in [0.25, 0.3) is 11.1 Å². The number of hydrogen-bond donors (Lipinski definition) is 3. The van der Waals surface area contributed by atoms with Crippen molar-refractivity contribution in [2.45, 2.75) is 70.4 Å². The SMILES string of the molecule is CCCC[C@@H](CC(=O)NC(C)(C)CC(=O)O)NC(=O)OCC1c2ccccc2-c2ccccc21. The van der Waals surface area contributed by atoms with Crippen molar-refractivity contribution in [3.8, 4) is 11.1 Å². The first-order chi connectivity index (χ1) is 16.2. The summed E-state index contributed by atoms with van der Waals surface area (Å²) in [6.07, 6.45) is 1.73. The number of carboxylic acid groups (broad SMARTS) is 1. The van der Waals surface area contributed by atoms with Crippen LogP contribution in [0.3, 0.4) is 0 Å². The van der Waals surface area contributed by atoms with Gasteiger partial charge in [-0.25, -0.2) is 4.79 Å². The summed E-state index contributed by atoms with van der Waals surface area (Å²) in [5, 5.41) is 14.6. The Morgan fingerprint density at radius 3 is 2.18 bits per heavy atom. The molecule has 0 aliphatic heterocycles. The second kappa shape index (κ2) is 11.2. The number of unbranched alkanes of at least 4 members (excludes halogenated alkanes) is 1. The van der Waals surface area contributed by atoms with Crippen molar-refractivity contribution < 1.29 is 24.2 Å². The highest BCUT2D eigenvalue weighted by atomic mass is 16.5. The number of aliphatic carboxylic acids is 1. The Morgan fingerprint density at radius 2 is 1.62 bits per heavy atom. The molecular formula is C27H34N2O5. The molecule has 0 bridgehead atoms. The van der Waals surface area contributed by atoms with Gasteiger partial charge in [0.05, 0.1) is 6.42 Å². The minimum Gasteiger partial charge on any atom is -0.481 e. The van der Waals surface area contributed by atoms with Crippen molar-refractivity contribution >= 4 is 18.0 Å².